The van der Waals surface area contributed by atoms with Crippen LogP contribution in [0, 0.1) is 0 Å². The van der Waals surface area contributed by atoms with Gasteiger partial charge in [-0.05, 0) is 43.9 Å². The summed E-state index contributed by atoms with van der Waals surface area (Å²) in [7, 11) is 0. The molecule has 0 amide bonds. The number of anilines is 1. The third-order valence-electron chi connectivity index (χ3n) is 7.65. The van der Waals surface area contributed by atoms with E-state index in [0.717, 1.165) is 29.4 Å². The van der Waals surface area contributed by atoms with E-state index in [-0.39, 0.29) is 24.0 Å². The molecule has 2 N–H and O–H groups in total. The monoisotopic (exact) mass is 554 g/mol. The second-order valence-electron chi connectivity index (χ2n) is 10.4. The Morgan fingerprint density at radius 2 is 1.95 bits per heavy atom. The topological polar surface area (TPSA) is 43.5 Å². The zero-order valence-electron chi connectivity index (χ0n) is 21.6. The molecule has 3 aromatic rings. The minimum atomic E-state index is -4.49. The van der Waals surface area contributed by atoms with Crippen molar-refractivity contribution in [2.24, 2.45) is 0 Å². The molecule has 1 fully saturated rings. The first-order chi connectivity index (χ1) is 18.6. The number of aromatic amines is 1. The van der Waals surface area contributed by atoms with Crippen LogP contribution in [0.2, 0.25) is 0 Å². The molecule has 11 heteroatoms. The van der Waals surface area contributed by atoms with Crippen LogP contribution < -0.4 is 10.1 Å². The van der Waals surface area contributed by atoms with Crippen LogP contribution in [-0.4, -0.2) is 72.5 Å². The molecule has 0 unspecified atom stereocenters. The van der Waals surface area contributed by atoms with Crippen molar-refractivity contribution in [3.8, 4) is 5.75 Å². The van der Waals surface area contributed by atoms with E-state index in [1.54, 1.807) is 19.1 Å². The molecule has 0 aliphatic carbocycles. The predicted octanol–water partition coefficient (Wildman–Crippen LogP) is 6.51. The smallest absolute Gasteiger partial charge is 0.401 e. The predicted molar refractivity (Wildman–Crippen MR) is 138 cm³/mol. The highest BCUT2D eigenvalue weighted by molar-refractivity contribution is 5.85. The molecule has 1 saturated heterocycles. The van der Waals surface area contributed by atoms with Gasteiger partial charge in [-0.15, -0.1) is 0 Å². The van der Waals surface area contributed by atoms with Crippen molar-refractivity contribution in [2.45, 2.75) is 57.1 Å². The molecular formula is C28H32F6N4O. The number of ether oxygens (including phenoxy) is 1. The van der Waals surface area contributed by atoms with Gasteiger partial charge in [-0.3, -0.25) is 9.29 Å². The van der Waals surface area contributed by atoms with Crippen molar-refractivity contribution in [3.63, 3.8) is 0 Å². The van der Waals surface area contributed by atoms with E-state index in [0.29, 0.717) is 37.3 Å². The van der Waals surface area contributed by atoms with Gasteiger partial charge in [0.25, 0.3) is 0 Å². The Labute approximate surface area is 223 Å². The molecule has 3 heterocycles. The van der Waals surface area contributed by atoms with Crippen molar-refractivity contribution in [1.82, 2.24) is 14.8 Å². The van der Waals surface area contributed by atoms with Crippen LogP contribution in [0.3, 0.4) is 0 Å². The second-order valence-corrected chi connectivity index (χ2v) is 10.4. The lowest BCUT2D eigenvalue weighted by atomic mass is 9.88. The molecule has 212 valence electrons. The third kappa shape index (κ3) is 6.14. The number of likely N-dealkylation sites (tertiary alicyclic amines) is 1. The summed E-state index contributed by atoms with van der Waals surface area (Å²) in [5, 5.41) is 4.23. The number of benzene rings is 2. The number of alkyl halides is 6. The van der Waals surface area contributed by atoms with Crippen LogP contribution >= 0.6 is 0 Å². The molecule has 3 atom stereocenters. The quantitative estimate of drug-likeness (QED) is 0.296. The Kier molecular flexibility index (Phi) is 8.00. The number of para-hydroxylation sites is 1. The van der Waals surface area contributed by atoms with Gasteiger partial charge in [0.15, 0.2) is 0 Å². The first-order valence-corrected chi connectivity index (χ1v) is 13.2. The summed E-state index contributed by atoms with van der Waals surface area (Å²) in [5.74, 6) is -0.168. The van der Waals surface area contributed by atoms with Crippen LogP contribution in [0.15, 0.2) is 42.5 Å². The van der Waals surface area contributed by atoms with Crippen LogP contribution in [0.5, 0.6) is 5.75 Å². The first kappa shape index (κ1) is 27.6. The van der Waals surface area contributed by atoms with E-state index in [9.17, 15) is 26.3 Å². The Bertz CT molecular complexity index is 1280. The van der Waals surface area contributed by atoms with Crippen molar-refractivity contribution < 1.29 is 31.1 Å². The Balaban J connectivity index is 1.53. The summed E-state index contributed by atoms with van der Waals surface area (Å²) < 4.78 is 85.9. The highest BCUT2D eigenvalue weighted by Gasteiger charge is 2.43. The number of hydrogen-bond acceptors (Lipinski definition) is 4. The molecule has 39 heavy (non-hydrogen) atoms. The standard InChI is InChI=1S/C28H32F6N4O/c1-17-13-22-20-5-2-3-6-23(20)36-25(22)26(38(17)16-28(32,33)34)21-8-7-18(14-24(21)39-27(30)31)35-19-9-12-37(15-19)11-4-10-29/h2-3,5-8,14,17,19,26-27,35-36H,4,9-13,15-16H2,1H3/t17-,19-,26-/m1/s1. The molecule has 0 spiro atoms. The molecule has 5 rings (SSSR count). The van der Waals surface area contributed by atoms with E-state index < -0.39 is 31.4 Å². The highest BCUT2D eigenvalue weighted by atomic mass is 19.4. The van der Waals surface area contributed by atoms with Crippen molar-refractivity contribution in [1.29, 1.82) is 0 Å². The van der Waals surface area contributed by atoms with Crippen LogP contribution in [0.25, 0.3) is 10.9 Å². The summed E-state index contributed by atoms with van der Waals surface area (Å²) in [6.45, 7) is -0.875. The molecule has 0 radical (unpaired) electrons. The minimum absolute atomic E-state index is 0.0339. The van der Waals surface area contributed by atoms with Crippen molar-refractivity contribution in [3.05, 3.63) is 59.3 Å². The van der Waals surface area contributed by atoms with Gasteiger partial charge in [0.1, 0.15) is 5.75 Å². The molecule has 1 aromatic heterocycles. The number of halogens is 6. The van der Waals surface area contributed by atoms with E-state index in [4.69, 9.17) is 4.74 Å². The van der Waals surface area contributed by atoms with E-state index in [2.05, 4.69) is 15.2 Å². The number of H-pyrrole nitrogens is 1. The van der Waals surface area contributed by atoms with Gasteiger partial charge in [-0.2, -0.15) is 22.0 Å². The van der Waals surface area contributed by atoms with Gasteiger partial charge >= 0.3 is 12.8 Å². The van der Waals surface area contributed by atoms with Gasteiger partial charge in [0, 0.05) is 65.6 Å². The SMILES string of the molecule is C[C@@H]1Cc2c([nH]c3ccccc23)[C@@H](c2ccc(N[C@@H]3CCN(CCCF)C3)cc2OC(F)F)N1CC(F)(F)F. The number of rotatable bonds is 9. The van der Waals surface area contributed by atoms with Crippen LogP contribution in [-0.2, 0) is 6.42 Å². The van der Waals surface area contributed by atoms with Gasteiger partial charge in [-0.25, -0.2) is 0 Å². The second kappa shape index (κ2) is 11.3. The summed E-state index contributed by atoms with van der Waals surface area (Å²) >= 11 is 0. The lowest BCUT2D eigenvalue weighted by Crippen LogP contribution is -2.47. The van der Waals surface area contributed by atoms with Gasteiger partial charge in [0.2, 0.25) is 0 Å². The molecule has 5 nitrogen and oxygen atoms in total. The number of nitrogens with zero attached hydrogens (tertiary/aromatic N) is 2. The average Bonchev–Trinajstić information content (AvgIpc) is 3.47. The summed E-state index contributed by atoms with van der Waals surface area (Å²) in [4.78, 5) is 6.72. The van der Waals surface area contributed by atoms with Crippen LogP contribution in [0.1, 0.15) is 42.6 Å². The molecule has 2 aliphatic rings. The van der Waals surface area contributed by atoms with Crippen molar-refractivity contribution in [2.75, 3.05) is 38.2 Å². The largest absolute Gasteiger partial charge is 0.434 e. The Hall–Kier alpha value is -2.92. The summed E-state index contributed by atoms with van der Waals surface area (Å²) in [5.41, 5.74) is 2.99. The van der Waals surface area contributed by atoms with E-state index >= 15 is 0 Å². The summed E-state index contributed by atoms with van der Waals surface area (Å²) in [6, 6.07) is 10.8. The maximum Gasteiger partial charge on any atom is 0.401 e. The number of hydrogen-bond donors (Lipinski definition) is 2. The fourth-order valence-electron chi connectivity index (χ4n) is 6.02. The Morgan fingerprint density at radius 1 is 1.15 bits per heavy atom. The highest BCUT2D eigenvalue weighted by Crippen LogP contribution is 2.45. The van der Waals surface area contributed by atoms with Gasteiger partial charge in [0.05, 0.1) is 19.3 Å². The fraction of sp³-hybridized carbons (Fsp3) is 0.500. The normalized spacial score (nSPS) is 22.5. The molecule has 0 bridgehead atoms. The average molecular weight is 555 g/mol. The van der Waals surface area contributed by atoms with Crippen LogP contribution in [0.4, 0.5) is 32.0 Å². The number of nitrogens with one attached hydrogen (secondary N) is 2. The maximum absolute atomic E-state index is 13.8. The van der Waals surface area contributed by atoms with Gasteiger partial charge < -0.3 is 19.9 Å². The lowest BCUT2D eigenvalue weighted by Gasteiger charge is -2.41. The zero-order valence-corrected chi connectivity index (χ0v) is 21.6. The fourth-order valence-corrected chi connectivity index (χ4v) is 6.02. The minimum Gasteiger partial charge on any atom is -0.434 e. The third-order valence-corrected chi connectivity index (χ3v) is 7.65. The molecule has 0 saturated carbocycles. The molecular weight excluding hydrogens is 522 g/mol. The number of fused-ring (bicyclic) bond motifs is 3. The summed E-state index contributed by atoms with van der Waals surface area (Å²) in [6.07, 6.45) is -2.84. The van der Waals surface area contributed by atoms with Crippen molar-refractivity contribution >= 4 is 16.6 Å². The Morgan fingerprint density at radius 3 is 2.69 bits per heavy atom. The first-order valence-electron chi connectivity index (χ1n) is 13.2. The van der Waals surface area contributed by atoms with E-state index in [1.165, 1.54) is 11.0 Å². The van der Waals surface area contributed by atoms with Gasteiger partial charge in [-0.1, -0.05) is 24.3 Å². The molecule has 2 aliphatic heterocycles. The van der Waals surface area contributed by atoms with E-state index in [1.807, 2.05) is 24.3 Å². The maximum atomic E-state index is 13.8. The molecule has 2 aromatic carbocycles. The zero-order chi connectivity index (χ0) is 27.7. The lowest BCUT2D eigenvalue weighted by molar-refractivity contribution is -0.155. The number of aromatic nitrogens is 1.